The zero-order valence-corrected chi connectivity index (χ0v) is 16.6. The topological polar surface area (TPSA) is 93.1 Å². The van der Waals surface area contributed by atoms with Gasteiger partial charge in [0.15, 0.2) is 0 Å². The molecule has 30 heavy (non-hydrogen) atoms. The number of carbonyl (C=O) groups excluding carboxylic acids is 2. The molecule has 0 unspecified atom stereocenters. The molecule has 2 amide bonds. The lowest BCUT2D eigenvalue weighted by atomic mass is 10.2. The van der Waals surface area contributed by atoms with Crippen LogP contribution >= 0.6 is 0 Å². The molecule has 7 nitrogen and oxygen atoms in total. The molecule has 3 aromatic rings. The maximum absolute atomic E-state index is 13.0. The van der Waals surface area contributed by atoms with Crippen LogP contribution in [0.25, 0.3) is 11.0 Å². The van der Waals surface area contributed by atoms with Crippen LogP contribution in [0.1, 0.15) is 30.5 Å². The molecule has 0 radical (unpaired) electrons. The highest BCUT2D eigenvalue weighted by atomic mass is 16.2. The van der Waals surface area contributed by atoms with Crippen LogP contribution in [-0.2, 0) is 29.1 Å². The fourth-order valence-electron chi connectivity index (χ4n) is 3.32. The molecule has 1 aliphatic carbocycles. The van der Waals surface area contributed by atoms with Crippen molar-refractivity contribution in [1.29, 1.82) is 0 Å². The van der Waals surface area contributed by atoms with Gasteiger partial charge in [-0.3, -0.25) is 19.0 Å². The number of nitrogens with one attached hydrogen (secondary N) is 2. The second-order valence-electron chi connectivity index (χ2n) is 7.54. The highest BCUT2D eigenvalue weighted by Crippen LogP contribution is 2.18. The quantitative estimate of drug-likeness (QED) is 0.600. The van der Waals surface area contributed by atoms with Crippen LogP contribution in [0, 0.1) is 0 Å². The minimum atomic E-state index is -0.331. The first-order valence-electron chi connectivity index (χ1n) is 10.2. The minimum Gasteiger partial charge on any atom is -0.353 e. The highest BCUT2D eigenvalue weighted by molar-refractivity contribution is 5.80. The van der Waals surface area contributed by atoms with E-state index in [9.17, 15) is 14.4 Å². The van der Waals surface area contributed by atoms with Crippen molar-refractivity contribution < 1.29 is 9.59 Å². The first-order valence-corrected chi connectivity index (χ1v) is 10.2. The number of aryl methyl sites for hydroxylation is 1. The van der Waals surface area contributed by atoms with E-state index in [0.29, 0.717) is 23.3 Å². The first-order chi connectivity index (χ1) is 14.6. The molecule has 0 atom stereocenters. The Morgan fingerprint density at radius 1 is 1.00 bits per heavy atom. The van der Waals surface area contributed by atoms with E-state index in [1.807, 2.05) is 42.5 Å². The van der Waals surface area contributed by atoms with E-state index in [0.717, 1.165) is 18.4 Å². The maximum Gasteiger partial charge on any atom is 0.273 e. The third-order valence-electron chi connectivity index (χ3n) is 5.09. The Labute approximate surface area is 174 Å². The molecule has 154 valence electrons. The number of hydrogen-bond donors (Lipinski definition) is 2. The average molecular weight is 404 g/mol. The summed E-state index contributed by atoms with van der Waals surface area (Å²) in [4.78, 5) is 42.0. The molecule has 1 aliphatic rings. The summed E-state index contributed by atoms with van der Waals surface area (Å²) in [6.07, 6.45) is 2.49. The smallest absolute Gasteiger partial charge is 0.273 e. The van der Waals surface area contributed by atoms with Crippen LogP contribution in [0.4, 0.5) is 0 Å². The van der Waals surface area contributed by atoms with Crippen LogP contribution in [0.15, 0.2) is 59.4 Å². The third kappa shape index (κ3) is 4.92. The number of rotatable bonds is 8. The molecule has 1 aromatic heterocycles. The average Bonchev–Trinajstić information content (AvgIpc) is 3.58. The molecule has 2 N–H and O–H groups in total. The predicted molar refractivity (Wildman–Crippen MR) is 114 cm³/mol. The summed E-state index contributed by atoms with van der Waals surface area (Å²) < 4.78 is 1.44. The minimum absolute atomic E-state index is 0.0704. The van der Waals surface area contributed by atoms with Crippen molar-refractivity contribution >= 4 is 22.8 Å². The van der Waals surface area contributed by atoms with Crippen molar-refractivity contribution in [2.75, 3.05) is 0 Å². The molecule has 1 saturated carbocycles. The maximum atomic E-state index is 13.0. The first kappa shape index (κ1) is 19.8. The van der Waals surface area contributed by atoms with Crippen molar-refractivity contribution in [1.82, 2.24) is 20.2 Å². The molecular weight excluding hydrogens is 380 g/mol. The van der Waals surface area contributed by atoms with Gasteiger partial charge in [-0.1, -0.05) is 42.5 Å². The normalized spacial score (nSPS) is 13.2. The Hall–Kier alpha value is -3.48. The second kappa shape index (κ2) is 8.90. The van der Waals surface area contributed by atoms with Crippen molar-refractivity contribution in [3.8, 4) is 0 Å². The Balaban J connectivity index is 1.51. The Morgan fingerprint density at radius 3 is 2.50 bits per heavy atom. The fraction of sp³-hybridized carbons (Fsp3) is 0.304. The lowest BCUT2D eigenvalue weighted by molar-refractivity contribution is -0.122. The number of nitrogens with zero attached hydrogens (tertiary/aromatic N) is 2. The van der Waals surface area contributed by atoms with E-state index in [-0.39, 0.29) is 42.8 Å². The zero-order chi connectivity index (χ0) is 20.9. The van der Waals surface area contributed by atoms with Gasteiger partial charge in [0.2, 0.25) is 11.8 Å². The molecule has 0 bridgehead atoms. The fourth-order valence-corrected chi connectivity index (χ4v) is 3.32. The number of para-hydroxylation sites is 2. The Bertz CT molecular complexity index is 1120. The van der Waals surface area contributed by atoms with Crippen LogP contribution in [0.2, 0.25) is 0 Å². The molecule has 4 rings (SSSR count). The predicted octanol–water partition coefficient (Wildman–Crippen LogP) is 1.92. The monoisotopic (exact) mass is 404 g/mol. The van der Waals surface area contributed by atoms with Crippen LogP contribution < -0.4 is 16.2 Å². The molecule has 2 aromatic carbocycles. The van der Waals surface area contributed by atoms with Gasteiger partial charge in [0.1, 0.15) is 12.2 Å². The number of aromatic nitrogens is 2. The van der Waals surface area contributed by atoms with Gasteiger partial charge in [-0.25, -0.2) is 4.98 Å². The summed E-state index contributed by atoms with van der Waals surface area (Å²) >= 11 is 0. The summed E-state index contributed by atoms with van der Waals surface area (Å²) in [7, 11) is 0. The molecular formula is C23H24N4O3. The number of hydrogen-bond acceptors (Lipinski definition) is 4. The van der Waals surface area contributed by atoms with Crippen LogP contribution in [-0.4, -0.2) is 27.4 Å². The van der Waals surface area contributed by atoms with Crippen molar-refractivity contribution in [3.63, 3.8) is 0 Å². The van der Waals surface area contributed by atoms with Gasteiger partial charge in [-0.2, -0.15) is 0 Å². The summed E-state index contributed by atoms with van der Waals surface area (Å²) in [5.74, 6) is -0.325. The van der Waals surface area contributed by atoms with E-state index in [4.69, 9.17) is 0 Å². The van der Waals surface area contributed by atoms with Crippen LogP contribution in [0.3, 0.4) is 0 Å². The van der Waals surface area contributed by atoms with Crippen molar-refractivity contribution in [2.45, 2.75) is 44.8 Å². The van der Waals surface area contributed by atoms with E-state index in [2.05, 4.69) is 15.6 Å². The third-order valence-corrected chi connectivity index (χ3v) is 5.09. The van der Waals surface area contributed by atoms with Gasteiger partial charge in [-0.05, 0) is 30.5 Å². The Morgan fingerprint density at radius 2 is 1.73 bits per heavy atom. The SMILES string of the molecule is O=C(Cn1c(=O)c(CCC(=O)NC2CC2)nc2ccccc21)NCc1ccccc1. The van der Waals surface area contributed by atoms with Gasteiger partial charge in [-0.15, -0.1) is 0 Å². The van der Waals surface area contributed by atoms with E-state index in [1.165, 1.54) is 4.57 Å². The van der Waals surface area contributed by atoms with Gasteiger partial charge >= 0.3 is 0 Å². The lowest BCUT2D eigenvalue weighted by Crippen LogP contribution is -2.34. The van der Waals surface area contributed by atoms with E-state index >= 15 is 0 Å². The van der Waals surface area contributed by atoms with Crippen LogP contribution in [0.5, 0.6) is 0 Å². The largest absolute Gasteiger partial charge is 0.353 e. The standard InChI is InChI=1S/C23H24N4O3/c28-21(25-17-10-11-17)13-12-19-23(30)27(20-9-5-4-8-18(20)26-19)15-22(29)24-14-16-6-2-1-3-7-16/h1-9,17H,10-15H2,(H,24,29)(H,25,28). The Kier molecular flexibility index (Phi) is 5.88. The van der Waals surface area contributed by atoms with Gasteiger partial charge in [0, 0.05) is 25.4 Å². The molecule has 0 spiro atoms. The van der Waals surface area contributed by atoms with E-state index in [1.54, 1.807) is 12.1 Å². The van der Waals surface area contributed by atoms with Gasteiger partial charge in [0.05, 0.1) is 11.0 Å². The lowest BCUT2D eigenvalue weighted by Gasteiger charge is -2.13. The number of fused-ring (bicyclic) bond motifs is 1. The van der Waals surface area contributed by atoms with E-state index < -0.39 is 0 Å². The van der Waals surface area contributed by atoms with Gasteiger partial charge < -0.3 is 10.6 Å². The number of amides is 2. The summed E-state index contributed by atoms with van der Waals surface area (Å²) in [6, 6.07) is 17.1. The molecule has 0 aliphatic heterocycles. The molecule has 0 saturated heterocycles. The molecule has 1 heterocycles. The molecule has 1 fully saturated rings. The van der Waals surface area contributed by atoms with Gasteiger partial charge in [0.25, 0.3) is 5.56 Å². The van der Waals surface area contributed by atoms with Crippen molar-refractivity contribution in [2.24, 2.45) is 0 Å². The second-order valence-corrected chi connectivity index (χ2v) is 7.54. The summed E-state index contributed by atoms with van der Waals surface area (Å²) in [5, 5.41) is 5.77. The van der Waals surface area contributed by atoms with Crippen molar-refractivity contribution in [3.05, 3.63) is 76.2 Å². The summed E-state index contributed by atoms with van der Waals surface area (Å²) in [5.41, 5.74) is 2.19. The number of carbonyl (C=O) groups is 2. The number of benzene rings is 2. The summed E-state index contributed by atoms with van der Waals surface area (Å²) in [6.45, 7) is 0.293. The highest BCUT2D eigenvalue weighted by Gasteiger charge is 2.23. The molecule has 7 heteroatoms. The zero-order valence-electron chi connectivity index (χ0n) is 16.6.